The van der Waals surface area contributed by atoms with Gasteiger partial charge in [0, 0.05) is 17.8 Å². The first-order valence-corrected chi connectivity index (χ1v) is 5.98. The molecule has 3 N–H and O–H groups in total. The highest BCUT2D eigenvalue weighted by atomic mass is 16.3. The molecule has 0 bridgehead atoms. The van der Waals surface area contributed by atoms with Crippen LogP contribution in [0.4, 0.5) is 5.69 Å². The zero-order valence-electron chi connectivity index (χ0n) is 10.1. The van der Waals surface area contributed by atoms with Crippen LogP contribution in [0.3, 0.4) is 0 Å². The Labute approximate surface area is 107 Å². The van der Waals surface area contributed by atoms with Gasteiger partial charge in [0.1, 0.15) is 0 Å². The molecule has 0 amide bonds. The minimum atomic E-state index is -0.742. The third-order valence-electron chi connectivity index (χ3n) is 2.75. The van der Waals surface area contributed by atoms with Crippen molar-refractivity contribution < 1.29 is 10.2 Å². The molecule has 0 saturated carbocycles. The number of hydrogen-bond acceptors (Lipinski definition) is 3. The van der Waals surface area contributed by atoms with E-state index in [1.165, 1.54) is 0 Å². The van der Waals surface area contributed by atoms with Crippen LogP contribution in [0.1, 0.15) is 0 Å². The summed E-state index contributed by atoms with van der Waals surface area (Å²) in [6.45, 7) is 0.0981. The maximum absolute atomic E-state index is 9.37. The molecule has 0 fully saturated rings. The molecule has 0 saturated heterocycles. The molecule has 0 heterocycles. The predicted molar refractivity (Wildman–Crippen MR) is 73.5 cm³/mol. The Hall–Kier alpha value is -1.84. The zero-order valence-corrected chi connectivity index (χ0v) is 10.1. The van der Waals surface area contributed by atoms with Crippen molar-refractivity contribution in [3.8, 4) is 11.1 Å². The van der Waals surface area contributed by atoms with Crippen molar-refractivity contribution in [2.75, 3.05) is 18.5 Å². The number of benzene rings is 2. The average Bonchev–Trinajstić information content (AvgIpc) is 2.46. The van der Waals surface area contributed by atoms with Crippen molar-refractivity contribution in [1.29, 1.82) is 0 Å². The van der Waals surface area contributed by atoms with Crippen LogP contribution < -0.4 is 5.32 Å². The fraction of sp³-hybridized carbons (Fsp3) is 0.200. The van der Waals surface area contributed by atoms with E-state index in [0.29, 0.717) is 6.54 Å². The van der Waals surface area contributed by atoms with Crippen molar-refractivity contribution in [2.24, 2.45) is 0 Å². The molecule has 18 heavy (non-hydrogen) atoms. The van der Waals surface area contributed by atoms with Gasteiger partial charge in [0.2, 0.25) is 0 Å². The van der Waals surface area contributed by atoms with E-state index in [0.717, 1.165) is 16.8 Å². The van der Waals surface area contributed by atoms with Gasteiger partial charge in [0.25, 0.3) is 0 Å². The van der Waals surface area contributed by atoms with E-state index in [-0.39, 0.29) is 6.61 Å². The van der Waals surface area contributed by atoms with Crippen LogP contribution >= 0.6 is 0 Å². The molecule has 0 spiro atoms. The zero-order chi connectivity index (χ0) is 12.8. The Bertz CT molecular complexity index is 485. The standard InChI is InChI=1S/C15H17NO2/c17-11-13(18)10-16-15-9-5-4-8-14(15)12-6-2-1-3-7-12/h1-9,13,16-18H,10-11H2/t13-/m0/s1. The summed E-state index contributed by atoms with van der Waals surface area (Å²) >= 11 is 0. The first-order valence-electron chi connectivity index (χ1n) is 5.98. The van der Waals surface area contributed by atoms with Crippen LogP contribution in [-0.2, 0) is 0 Å². The fourth-order valence-electron chi connectivity index (χ4n) is 1.80. The van der Waals surface area contributed by atoms with Crippen LogP contribution in [0.5, 0.6) is 0 Å². The molecule has 2 rings (SSSR count). The number of rotatable bonds is 5. The van der Waals surface area contributed by atoms with Crippen LogP contribution in [0.15, 0.2) is 54.6 Å². The predicted octanol–water partition coefficient (Wildman–Crippen LogP) is 2.12. The van der Waals surface area contributed by atoms with E-state index in [9.17, 15) is 5.11 Å². The lowest BCUT2D eigenvalue weighted by molar-refractivity contribution is 0.105. The second kappa shape index (κ2) is 6.19. The van der Waals surface area contributed by atoms with Gasteiger partial charge in [-0.3, -0.25) is 0 Å². The summed E-state index contributed by atoms with van der Waals surface area (Å²) in [6, 6.07) is 18.0. The Kier molecular flexibility index (Phi) is 4.34. The summed E-state index contributed by atoms with van der Waals surface area (Å²) in [5, 5.41) is 21.3. The normalized spacial score (nSPS) is 12.1. The van der Waals surface area contributed by atoms with Crippen LogP contribution in [0.25, 0.3) is 11.1 Å². The lowest BCUT2D eigenvalue weighted by Gasteiger charge is -2.14. The van der Waals surface area contributed by atoms with Crippen molar-refractivity contribution >= 4 is 5.69 Å². The monoisotopic (exact) mass is 243 g/mol. The van der Waals surface area contributed by atoms with Crippen LogP contribution in [0.2, 0.25) is 0 Å². The van der Waals surface area contributed by atoms with Crippen molar-refractivity contribution in [3.05, 3.63) is 54.6 Å². The van der Waals surface area contributed by atoms with Gasteiger partial charge in [0.15, 0.2) is 0 Å². The van der Waals surface area contributed by atoms with Gasteiger partial charge in [-0.1, -0.05) is 48.5 Å². The molecule has 3 heteroatoms. The van der Waals surface area contributed by atoms with Gasteiger partial charge in [-0.25, -0.2) is 0 Å². The van der Waals surface area contributed by atoms with Crippen LogP contribution in [-0.4, -0.2) is 29.5 Å². The van der Waals surface area contributed by atoms with E-state index in [1.807, 2.05) is 54.6 Å². The van der Waals surface area contributed by atoms with Crippen molar-refractivity contribution in [2.45, 2.75) is 6.10 Å². The van der Waals surface area contributed by atoms with Gasteiger partial charge < -0.3 is 15.5 Å². The number of hydrogen-bond donors (Lipinski definition) is 3. The molecule has 0 unspecified atom stereocenters. The summed E-state index contributed by atoms with van der Waals surface area (Å²) in [5.74, 6) is 0. The SMILES string of the molecule is OC[C@@H](O)CNc1ccccc1-c1ccccc1. The molecule has 0 aliphatic carbocycles. The number of nitrogens with one attached hydrogen (secondary N) is 1. The van der Waals surface area contributed by atoms with Gasteiger partial charge >= 0.3 is 0 Å². The summed E-state index contributed by atoms with van der Waals surface area (Å²) in [4.78, 5) is 0. The lowest BCUT2D eigenvalue weighted by atomic mass is 10.0. The summed E-state index contributed by atoms with van der Waals surface area (Å²) < 4.78 is 0. The Morgan fingerprint density at radius 2 is 1.61 bits per heavy atom. The third-order valence-corrected chi connectivity index (χ3v) is 2.75. The Morgan fingerprint density at radius 1 is 0.944 bits per heavy atom. The van der Waals surface area contributed by atoms with Gasteiger partial charge in [-0.15, -0.1) is 0 Å². The minimum absolute atomic E-state index is 0.236. The van der Waals surface area contributed by atoms with Gasteiger partial charge in [0.05, 0.1) is 12.7 Å². The molecule has 0 aliphatic heterocycles. The molecule has 2 aromatic rings. The number of para-hydroxylation sites is 1. The number of aliphatic hydroxyl groups is 2. The van der Waals surface area contributed by atoms with Gasteiger partial charge in [-0.05, 0) is 11.6 Å². The highest BCUT2D eigenvalue weighted by molar-refractivity contribution is 5.77. The summed E-state index contributed by atoms with van der Waals surface area (Å²) in [6.07, 6.45) is -0.742. The molecule has 0 radical (unpaired) electrons. The molecule has 3 nitrogen and oxygen atoms in total. The topological polar surface area (TPSA) is 52.5 Å². The Balaban J connectivity index is 2.21. The molecule has 1 atom stereocenters. The highest BCUT2D eigenvalue weighted by Gasteiger charge is 2.06. The molecule has 94 valence electrons. The smallest absolute Gasteiger partial charge is 0.0942 e. The second-order valence-corrected chi connectivity index (χ2v) is 4.13. The maximum Gasteiger partial charge on any atom is 0.0942 e. The highest BCUT2D eigenvalue weighted by Crippen LogP contribution is 2.27. The molecular weight excluding hydrogens is 226 g/mol. The largest absolute Gasteiger partial charge is 0.394 e. The molecule has 0 aromatic heterocycles. The summed E-state index contributed by atoms with van der Waals surface area (Å²) in [5.41, 5.74) is 3.17. The minimum Gasteiger partial charge on any atom is -0.394 e. The first-order chi connectivity index (χ1) is 8.81. The van der Waals surface area contributed by atoms with E-state index < -0.39 is 6.10 Å². The quantitative estimate of drug-likeness (QED) is 0.754. The number of anilines is 1. The lowest BCUT2D eigenvalue weighted by Crippen LogP contribution is -2.23. The molecule has 0 aliphatic rings. The molecule has 2 aromatic carbocycles. The van der Waals surface area contributed by atoms with Crippen LogP contribution in [0, 0.1) is 0 Å². The van der Waals surface area contributed by atoms with E-state index in [1.54, 1.807) is 0 Å². The van der Waals surface area contributed by atoms with Crippen molar-refractivity contribution in [3.63, 3.8) is 0 Å². The first kappa shape index (κ1) is 12.6. The summed E-state index contributed by atoms with van der Waals surface area (Å²) in [7, 11) is 0. The maximum atomic E-state index is 9.37. The van der Waals surface area contributed by atoms with E-state index in [2.05, 4.69) is 5.32 Å². The fourth-order valence-corrected chi connectivity index (χ4v) is 1.80. The second-order valence-electron chi connectivity index (χ2n) is 4.13. The average molecular weight is 243 g/mol. The van der Waals surface area contributed by atoms with E-state index in [4.69, 9.17) is 5.11 Å². The third kappa shape index (κ3) is 3.09. The van der Waals surface area contributed by atoms with Crippen molar-refractivity contribution in [1.82, 2.24) is 0 Å². The number of aliphatic hydroxyl groups excluding tert-OH is 2. The van der Waals surface area contributed by atoms with Gasteiger partial charge in [-0.2, -0.15) is 0 Å². The molecular formula is C15H17NO2. The van der Waals surface area contributed by atoms with E-state index >= 15 is 0 Å². The Morgan fingerprint density at radius 3 is 2.33 bits per heavy atom.